The second-order valence-electron chi connectivity index (χ2n) is 6.94. The van der Waals surface area contributed by atoms with Crippen LogP contribution in [0, 0.1) is 11.6 Å². The molecule has 1 saturated heterocycles. The molecule has 1 atom stereocenters. The standard InChI is InChI=1S/C21H22F2N4O/c22-18-7-6-17(13-19(18)23)28-11-8-15-12-20(26-25-15)21-5-3-10-27(21)14-16-4-1-2-9-24-16/h1-2,4,6-7,9,12-13,21H,3,5,8,10-11,14H2,(H,25,26). The highest BCUT2D eigenvalue weighted by molar-refractivity contribution is 5.23. The van der Waals surface area contributed by atoms with Gasteiger partial charge in [-0.05, 0) is 49.7 Å². The number of likely N-dealkylation sites (tertiary alicyclic amines) is 1. The molecule has 1 aromatic carbocycles. The van der Waals surface area contributed by atoms with E-state index in [-0.39, 0.29) is 6.04 Å². The smallest absolute Gasteiger partial charge is 0.162 e. The molecule has 0 bridgehead atoms. The fraction of sp³-hybridized carbons (Fsp3) is 0.333. The molecule has 28 heavy (non-hydrogen) atoms. The van der Waals surface area contributed by atoms with Crippen molar-refractivity contribution in [1.29, 1.82) is 0 Å². The fourth-order valence-electron chi connectivity index (χ4n) is 3.57. The van der Waals surface area contributed by atoms with Gasteiger partial charge in [-0.3, -0.25) is 15.0 Å². The number of ether oxygens (including phenoxy) is 1. The lowest BCUT2D eigenvalue weighted by Crippen LogP contribution is -2.23. The summed E-state index contributed by atoms with van der Waals surface area (Å²) >= 11 is 0. The average Bonchev–Trinajstić information content (AvgIpc) is 3.35. The maximum Gasteiger partial charge on any atom is 0.162 e. The Morgan fingerprint density at radius 1 is 1.14 bits per heavy atom. The normalized spacial score (nSPS) is 17.1. The summed E-state index contributed by atoms with van der Waals surface area (Å²) in [6, 6.07) is 11.9. The van der Waals surface area contributed by atoms with Crippen molar-refractivity contribution in [3.05, 3.63) is 77.4 Å². The third-order valence-corrected chi connectivity index (χ3v) is 4.98. The van der Waals surface area contributed by atoms with Gasteiger partial charge in [-0.2, -0.15) is 5.10 Å². The number of nitrogens with zero attached hydrogens (tertiary/aromatic N) is 3. The molecule has 5 nitrogen and oxygen atoms in total. The van der Waals surface area contributed by atoms with Gasteiger partial charge in [-0.15, -0.1) is 0 Å². The molecule has 0 spiro atoms. The molecule has 1 aliphatic rings. The summed E-state index contributed by atoms with van der Waals surface area (Å²) in [5.74, 6) is -1.47. The highest BCUT2D eigenvalue weighted by atomic mass is 19.2. The number of hydrogen-bond donors (Lipinski definition) is 1. The Morgan fingerprint density at radius 2 is 2.07 bits per heavy atom. The molecule has 1 aliphatic heterocycles. The zero-order valence-corrected chi connectivity index (χ0v) is 15.4. The fourth-order valence-corrected chi connectivity index (χ4v) is 3.57. The van der Waals surface area contributed by atoms with Crippen LogP contribution in [-0.4, -0.2) is 33.2 Å². The summed E-state index contributed by atoms with van der Waals surface area (Å²) in [6.07, 6.45) is 4.64. The van der Waals surface area contributed by atoms with Crippen LogP contribution in [0.1, 0.15) is 36.0 Å². The van der Waals surface area contributed by atoms with Crippen LogP contribution in [0.5, 0.6) is 5.75 Å². The molecule has 146 valence electrons. The van der Waals surface area contributed by atoms with Crippen molar-refractivity contribution in [1.82, 2.24) is 20.1 Å². The van der Waals surface area contributed by atoms with Crippen LogP contribution < -0.4 is 4.74 Å². The van der Waals surface area contributed by atoms with Crippen LogP contribution in [0.2, 0.25) is 0 Å². The van der Waals surface area contributed by atoms with E-state index in [1.165, 1.54) is 6.07 Å². The summed E-state index contributed by atoms with van der Waals surface area (Å²) in [4.78, 5) is 6.82. The molecule has 4 rings (SSSR count). The van der Waals surface area contributed by atoms with Crippen LogP contribution in [0.25, 0.3) is 0 Å². The first-order valence-corrected chi connectivity index (χ1v) is 9.45. The number of nitrogens with one attached hydrogen (secondary N) is 1. The lowest BCUT2D eigenvalue weighted by Gasteiger charge is -2.22. The first-order chi connectivity index (χ1) is 13.7. The van der Waals surface area contributed by atoms with Crippen molar-refractivity contribution in [2.45, 2.75) is 31.8 Å². The molecule has 1 fully saturated rings. The van der Waals surface area contributed by atoms with E-state index in [4.69, 9.17) is 4.74 Å². The van der Waals surface area contributed by atoms with E-state index in [0.29, 0.717) is 18.8 Å². The summed E-state index contributed by atoms with van der Waals surface area (Å²) in [5, 5.41) is 7.56. The zero-order chi connectivity index (χ0) is 19.3. The molecule has 3 heterocycles. The maximum absolute atomic E-state index is 13.2. The number of aromatic amines is 1. The van der Waals surface area contributed by atoms with Crippen molar-refractivity contribution in [2.75, 3.05) is 13.2 Å². The minimum absolute atomic E-state index is 0.277. The van der Waals surface area contributed by atoms with E-state index in [1.54, 1.807) is 0 Å². The zero-order valence-electron chi connectivity index (χ0n) is 15.4. The van der Waals surface area contributed by atoms with Gasteiger partial charge in [0.05, 0.1) is 24.0 Å². The lowest BCUT2D eigenvalue weighted by molar-refractivity contribution is 0.241. The predicted octanol–water partition coefficient (Wildman–Crippen LogP) is 4.04. The summed E-state index contributed by atoms with van der Waals surface area (Å²) in [7, 11) is 0. The molecule has 1 unspecified atom stereocenters. The van der Waals surface area contributed by atoms with Crippen LogP contribution in [0.3, 0.4) is 0 Å². The molecule has 7 heteroatoms. The first-order valence-electron chi connectivity index (χ1n) is 9.45. The molecule has 3 aromatic rings. The molecule has 2 aromatic heterocycles. The Kier molecular flexibility index (Phi) is 5.62. The number of aromatic nitrogens is 3. The highest BCUT2D eigenvalue weighted by Gasteiger charge is 2.28. The van der Waals surface area contributed by atoms with Gasteiger partial charge in [0, 0.05) is 30.9 Å². The van der Waals surface area contributed by atoms with E-state index in [9.17, 15) is 8.78 Å². The second-order valence-corrected chi connectivity index (χ2v) is 6.94. The Morgan fingerprint density at radius 3 is 2.89 bits per heavy atom. The molecule has 0 amide bonds. The lowest BCUT2D eigenvalue weighted by atomic mass is 10.1. The van der Waals surface area contributed by atoms with Gasteiger partial charge < -0.3 is 4.74 Å². The van der Waals surface area contributed by atoms with Crippen LogP contribution in [-0.2, 0) is 13.0 Å². The van der Waals surface area contributed by atoms with Gasteiger partial charge in [0.25, 0.3) is 0 Å². The molecule has 1 N–H and O–H groups in total. The molecule has 0 aliphatic carbocycles. The number of rotatable bonds is 7. The van der Waals surface area contributed by atoms with Gasteiger partial charge >= 0.3 is 0 Å². The number of halogens is 2. The average molecular weight is 384 g/mol. The SMILES string of the molecule is Fc1ccc(OCCc2cc(C3CCCN3Cc3ccccn3)n[nH]2)cc1F. The number of pyridine rings is 1. The quantitative estimate of drug-likeness (QED) is 0.668. The summed E-state index contributed by atoms with van der Waals surface area (Å²) in [5.41, 5.74) is 3.05. The summed E-state index contributed by atoms with van der Waals surface area (Å²) < 4.78 is 31.7. The number of benzene rings is 1. The van der Waals surface area contributed by atoms with Gasteiger partial charge in [0.1, 0.15) is 5.75 Å². The van der Waals surface area contributed by atoms with E-state index < -0.39 is 11.6 Å². The molecular weight excluding hydrogens is 362 g/mol. The van der Waals surface area contributed by atoms with Gasteiger partial charge in [-0.25, -0.2) is 8.78 Å². The summed E-state index contributed by atoms with van der Waals surface area (Å²) in [6.45, 7) is 2.20. The second kappa shape index (κ2) is 8.48. The van der Waals surface area contributed by atoms with E-state index >= 15 is 0 Å². The monoisotopic (exact) mass is 384 g/mol. The molecule has 0 saturated carbocycles. The van der Waals surface area contributed by atoms with Crippen LogP contribution in [0.4, 0.5) is 8.78 Å². The highest BCUT2D eigenvalue weighted by Crippen LogP contribution is 2.32. The largest absolute Gasteiger partial charge is 0.493 e. The predicted molar refractivity (Wildman–Crippen MR) is 101 cm³/mol. The van der Waals surface area contributed by atoms with Crippen molar-refractivity contribution in [2.24, 2.45) is 0 Å². The Balaban J connectivity index is 1.33. The third-order valence-electron chi connectivity index (χ3n) is 4.98. The Labute approximate surface area is 162 Å². The topological polar surface area (TPSA) is 54.0 Å². The minimum Gasteiger partial charge on any atom is -0.493 e. The third kappa shape index (κ3) is 4.36. The first kappa shape index (κ1) is 18.6. The van der Waals surface area contributed by atoms with E-state index in [0.717, 1.165) is 55.1 Å². The molecule has 0 radical (unpaired) electrons. The van der Waals surface area contributed by atoms with Gasteiger partial charge in [-0.1, -0.05) is 6.07 Å². The Hall–Kier alpha value is -2.80. The van der Waals surface area contributed by atoms with Crippen molar-refractivity contribution < 1.29 is 13.5 Å². The van der Waals surface area contributed by atoms with Crippen molar-refractivity contribution in [3.8, 4) is 5.75 Å². The van der Waals surface area contributed by atoms with Crippen LogP contribution >= 0.6 is 0 Å². The Bertz CT molecular complexity index is 916. The minimum atomic E-state index is -0.907. The maximum atomic E-state index is 13.2. The van der Waals surface area contributed by atoms with Crippen molar-refractivity contribution >= 4 is 0 Å². The van der Waals surface area contributed by atoms with Gasteiger partial charge in [0.2, 0.25) is 0 Å². The number of hydrogen-bond acceptors (Lipinski definition) is 4. The molecular formula is C21H22F2N4O. The van der Waals surface area contributed by atoms with E-state index in [1.807, 2.05) is 24.4 Å². The van der Waals surface area contributed by atoms with Crippen molar-refractivity contribution in [3.63, 3.8) is 0 Å². The van der Waals surface area contributed by atoms with Gasteiger partial charge in [0.15, 0.2) is 11.6 Å². The van der Waals surface area contributed by atoms with E-state index in [2.05, 4.69) is 26.1 Å². The number of H-pyrrole nitrogens is 1. The van der Waals surface area contributed by atoms with Crippen LogP contribution in [0.15, 0.2) is 48.7 Å².